The molecule has 0 aliphatic carbocycles. The van der Waals surface area contributed by atoms with E-state index in [0.29, 0.717) is 19.2 Å². The summed E-state index contributed by atoms with van der Waals surface area (Å²) in [6.45, 7) is 6.24. The zero-order chi connectivity index (χ0) is 15.1. The molecule has 2 rings (SSSR count). The number of nitrogens with one attached hydrogen (secondary N) is 1. The molecule has 0 saturated heterocycles. The first-order valence-corrected chi connectivity index (χ1v) is 8.29. The van der Waals surface area contributed by atoms with E-state index in [9.17, 15) is 0 Å². The summed E-state index contributed by atoms with van der Waals surface area (Å²) in [5, 5.41) is 11.5. The molecule has 0 bridgehead atoms. The number of hydrogen-bond donors (Lipinski definition) is 1. The molecule has 5 nitrogen and oxygen atoms in total. The van der Waals surface area contributed by atoms with Gasteiger partial charge in [-0.1, -0.05) is 19.1 Å². The molecule has 114 valence electrons. The molecule has 1 aromatic heterocycles. The van der Waals surface area contributed by atoms with Crippen LogP contribution in [0.2, 0.25) is 0 Å². The molecule has 0 aliphatic heterocycles. The average Bonchev–Trinajstić information content (AvgIpc) is 2.94. The fourth-order valence-electron chi connectivity index (χ4n) is 1.77. The zero-order valence-corrected chi connectivity index (χ0v) is 13.6. The van der Waals surface area contributed by atoms with Gasteiger partial charge in [0.05, 0.1) is 12.2 Å². The van der Waals surface area contributed by atoms with E-state index in [0.717, 1.165) is 18.0 Å². The van der Waals surface area contributed by atoms with E-state index in [2.05, 4.69) is 47.9 Å². The van der Waals surface area contributed by atoms with Gasteiger partial charge in [0.2, 0.25) is 0 Å². The second kappa shape index (κ2) is 8.05. The molecular formula is C15H22N4OS. The molecule has 0 spiro atoms. The molecule has 0 atom stereocenters. The molecule has 0 fully saturated rings. The Bertz CT molecular complexity index is 539. The lowest BCUT2D eigenvalue weighted by Crippen LogP contribution is -2.21. The van der Waals surface area contributed by atoms with Gasteiger partial charge in [-0.3, -0.25) is 0 Å². The van der Waals surface area contributed by atoms with E-state index in [1.54, 1.807) is 11.8 Å². The number of thioether (sulfide) groups is 1. The lowest BCUT2D eigenvalue weighted by atomic mass is 10.3. The van der Waals surface area contributed by atoms with Crippen LogP contribution < -0.4 is 10.1 Å². The Morgan fingerprint density at radius 2 is 2.05 bits per heavy atom. The normalized spacial score (nSPS) is 11.0. The Kier molecular flexibility index (Phi) is 6.07. The highest BCUT2D eigenvalue weighted by Crippen LogP contribution is 2.18. The van der Waals surface area contributed by atoms with Crippen LogP contribution in [0.25, 0.3) is 0 Å². The molecule has 0 saturated carbocycles. The molecule has 6 heteroatoms. The molecule has 1 N–H and O–H groups in total. The summed E-state index contributed by atoms with van der Waals surface area (Å²) in [5.74, 6) is 0.884. The summed E-state index contributed by atoms with van der Waals surface area (Å²) >= 11 is 1.72. The van der Waals surface area contributed by atoms with Crippen molar-refractivity contribution >= 4 is 11.8 Å². The average molecular weight is 306 g/mol. The van der Waals surface area contributed by atoms with Crippen LogP contribution in [0, 0.1) is 0 Å². The number of benzene rings is 1. The van der Waals surface area contributed by atoms with Gasteiger partial charge in [0.25, 0.3) is 0 Å². The highest BCUT2D eigenvalue weighted by molar-refractivity contribution is 7.98. The van der Waals surface area contributed by atoms with Gasteiger partial charge in [-0.15, -0.1) is 16.9 Å². The highest BCUT2D eigenvalue weighted by Gasteiger charge is 2.02. The summed E-state index contributed by atoms with van der Waals surface area (Å²) in [7, 11) is 0. The van der Waals surface area contributed by atoms with E-state index in [1.165, 1.54) is 4.90 Å². The van der Waals surface area contributed by atoms with Crippen LogP contribution in [0.5, 0.6) is 5.75 Å². The van der Waals surface area contributed by atoms with E-state index in [1.807, 2.05) is 23.0 Å². The van der Waals surface area contributed by atoms with Crippen LogP contribution in [-0.2, 0) is 13.1 Å². The van der Waals surface area contributed by atoms with Gasteiger partial charge < -0.3 is 10.1 Å². The molecular weight excluding hydrogens is 284 g/mol. The third-order valence-electron chi connectivity index (χ3n) is 2.93. The van der Waals surface area contributed by atoms with Crippen LogP contribution in [0.4, 0.5) is 0 Å². The summed E-state index contributed by atoms with van der Waals surface area (Å²) in [6.07, 6.45) is 4.02. The van der Waals surface area contributed by atoms with Crippen LogP contribution in [-0.4, -0.2) is 33.9 Å². The SMILES string of the molecule is CSc1ccc(OCCn2cc(CNC(C)C)nn2)cc1. The maximum absolute atomic E-state index is 5.70. The van der Waals surface area contributed by atoms with Crippen molar-refractivity contribution in [2.75, 3.05) is 12.9 Å². The number of aromatic nitrogens is 3. The smallest absolute Gasteiger partial charge is 0.119 e. The Labute approximate surface area is 130 Å². The number of nitrogens with zero attached hydrogens (tertiary/aromatic N) is 3. The molecule has 2 aromatic rings. The Hall–Kier alpha value is -1.53. The minimum absolute atomic E-state index is 0.447. The van der Waals surface area contributed by atoms with Crippen LogP contribution in [0.1, 0.15) is 19.5 Å². The number of rotatable bonds is 8. The lowest BCUT2D eigenvalue weighted by molar-refractivity contribution is 0.289. The van der Waals surface area contributed by atoms with Gasteiger partial charge in [0.15, 0.2) is 0 Å². The monoisotopic (exact) mass is 306 g/mol. The molecule has 0 aliphatic rings. The van der Waals surface area contributed by atoms with Crippen molar-refractivity contribution in [3.05, 3.63) is 36.2 Å². The summed E-state index contributed by atoms with van der Waals surface area (Å²) in [4.78, 5) is 1.24. The third kappa shape index (κ3) is 5.40. The predicted octanol–water partition coefficient (Wildman–Crippen LogP) is 2.58. The second-order valence-electron chi connectivity index (χ2n) is 5.03. The molecule has 1 aromatic carbocycles. The molecule has 0 radical (unpaired) electrons. The molecule has 1 heterocycles. The minimum atomic E-state index is 0.447. The Balaban J connectivity index is 1.75. The van der Waals surface area contributed by atoms with Crippen LogP contribution in [0.3, 0.4) is 0 Å². The van der Waals surface area contributed by atoms with Gasteiger partial charge >= 0.3 is 0 Å². The van der Waals surface area contributed by atoms with Gasteiger partial charge in [-0.2, -0.15) is 0 Å². The fraction of sp³-hybridized carbons (Fsp3) is 0.467. The summed E-state index contributed by atoms with van der Waals surface area (Å²) in [5.41, 5.74) is 0.952. The van der Waals surface area contributed by atoms with Crippen molar-refractivity contribution in [1.82, 2.24) is 20.3 Å². The minimum Gasteiger partial charge on any atom is -0.492 e. The Morgan fingerprint density at radius 3 is 2.71 bits per heavy atom. The third-order valence-corrected chi connectivity index (χ3v) is 3.67. The maximum Gasteiger partial charge on any atom is 0.119 e. The van der Waals surface area contributed by atoms with Crippen molar-refractivity contribution in [1.29, 1.82) is 0 Å². The number of ether oxygens (including phenoxy) is 1. The summed E-state index contributed by atoms with van der Waals surface area (Å²) in [6, 6.07) is 8.55. The molecule has 21 heavy (non-hydrogen) atoms. The van der Waals surface area contributed by atoms with Crippen molar-refractivity contribution in [3.63, 3.8) is 0 Å². The van der Waals surface area contributed by atoms with Crippen molar-refractivity contribution in [2.24, 2.45) is 0 Å². The predicted molar refractivity (Wildman–Crippen MR) is 85.7 cm³/mol. The first kappa shape index (κ1) is 15.9. The maximum atomic E-state index is 5.70. The largest absolute Gasteiger partial charge is 0.492 e. The summed E-state index contributed by atoms with van der Waals surface area (Å²) < 4.78 is 7.52. The van der Waals surface area contributed by atoms with Gasteiger partial charge in [0.1, 0.15) is 12.4 Å². The Morgan fingerprint density at radius 1 is 1.29 bits per heavy atom. The molecule has 0 unspecified atom stereocenters. The van der Waals surface area contributed by atoms with Crippen LogP contribution in [0.15, 0.2) is 35.4 Å². The molecule has 0 amide bonds. The van der Waals surface area contributed by atoms with E-state index in [4.69, 9.17) is 4.74 Å². The second-order valence-corrected chi connectivity index (χ2v) is 5.91. The van der Waals surface area contributed by atoms with E-state index >= 15 is 0 Å². The number of hydrogen-bond acceptors (Lipinski definition) is 5. The first-order valence-electron chi connectivity index (χ1n) is 7.06. The van der Waals surface area contributed by atoms with Crippen molar-refractivity contribution < 1.29 is 4.74 Å². The van der Waals surface area contributed by atoms with Gasteiger partial charge in [-0.25, -0.2) is 4.68 Å². The van der Waals surface area contributed by atoms with Gasteiger partial charge in [-0.05, 0) is 30.5 Å². The van der Waals surface area contributed by atoms with E-state index < -0.39 is 0 Å². The van der Waals surface area contributed by atoms with Crippen molar-refractivity contribution in [2.45, 2.75) is 37.9 Å². The first-order chi connectivity index (χ1) is 10.2. The van der Waals surface area contributed by atoms with Crippen molar-refractivity contribution in [3.8, 4) is 5.75 Å². The van der Waals surface area contributed by atoms with Crippen LogP contribution >= 0.6 is 11.8 Å². The standard InChI is InChI=1S/C15H22N4OS/c1-12(2)16-10-13-11-19(18-17-13)8-9-20-14-4-6-15(21-3)7-5-14/h4-7,11-12,16H,8-10H2,1-3H3. The fourth-order valence-corrected chi connectivity index (χ4v) is 2.17. The lowest BCUT2D eigenvalue weighted by Gasteiger charge is -2.06. The topological polar surface area (TPSA) is 52.0 Å². The zero-order valence-electron chi connectivity index (χ0n) is 12.7. The highest BCUT2D eigenvalue weighted by atomic mass is 32.2. The quantitative estimate of drug-likeness (QED) is 0.760. The van der Waals surface area contributed by atoms with Gasteiger partial charge in [0, 0.05) is 23.7 Å². The van der Waals surface area contributed by atoms with E-state index in [-0.39, 0.29) is 0 Å².